The molecule has 0 radical (unpaired) electrons. The average Bonchev–Trinajstić information content (AvgIpc) is 3.05. The molecule has 2 aromatic heterocycles. The van der Waals surface area contributed by atoms with Gasteiger partial charge < -0.3 is 4.98 Å². The summed E-state index contributed by atoms with van der Waals surface area (Å²) in [5, 5.41) is 0.673. The van der Waals surface area contributed by atoms with Crippen molar-refractivity contribution in [3.63, 3.8) is 0 Å². The first kappa shape index (κ1) is 24.1. The maximum absolute atomic E-state index is 13.6. The van der Waals surface area contributed by atoms with Crippen molar-refractivity contribution < 1.29 is 8.42 Å². The molecule has 9 heteroatoms. The van der Waals surface area contributed by atoms with Crippen molar-refractivity contribution in [2.24, 2.45) is 0 Å². The Labute approximate surface area is 199 Å². The van der Waals surface area contributed by atoms with Crippen molar-refractivity contribution in [1.29, 1.82) is 0 Å². The molecule has 0 unspecified atom stereocenters. The van der Waals surface area contributed by atoms with Crippen molar-refractivity contribution in [1.82, 2.24) is 19.2 Å². The lowest BCUT2D eigenvalue weighted by Crippen LogP contribution is -2.48. The highest BCUT2D eigenvalue weighted by molar-refractivity contribution is 7.89. The van der Waals surface area contributed by atoms with Crippen LogP contribution in [0.2, 0.25) is 0 Å². The monoisotopic (exact) mass is 488 g/mol. The van der Waals surface area contributed by atoms with E-state index >= 15 is 0 Å². The fourth-order valence-corrected chi connectivity index (χ4v) is 7.73. The molecule has 0 spiro atoms. The number of benzene rings is 1. The SMILES string of the molecule is Cc1sc2nc(CN3CCN(S(=O)(=O)c4c(C)c(C)c(C)c(C)c4C)CC3)[nH]c(=O)c2c1C. The van der Waals surface area contributed by atoms with Crippen molar-refractivity contribution in [3.05, 3.63) is 54.4 Å². The van der Waals surface area contributed by atoms with Crippen LogP contribution in [0.4, 0.5) is 0 Å². The lowest BCUT2D eigenvalue weighted by Gasteiger charge is -2.34. The molecular weight excluding hydrogens is 456 g/mol. The first-order valence-electron chi connectivity index (χ1n) is 11.2. The number of aryl methyl sites for hydroxylation is 2. The summed E-state index contributed by atoms with van der Waals surface area (Å²) in [5.41, 5.74) is 5.81. The molecule has 0 amide bonds. The Kier molecular flexibility index (Phi) is 6.28. The fourth-order valence-electron chi connectivity index (χ4n) is 4.70. The van der Waals surface area contributed by atoms with E-state index in [1.807, 2.05) is 48.5 Å². The molecule has 4 rings (SSSR count). The number of sulfonamides is 1. The Morgan fingerprint density at radius 2 is 1.39 bits per heavy atom. The molecule has 0 bridgehead atoms. The standard InChI is InChI=1S/C24H32N4O3S2/c1-13-14(2)16(4)22(17(5)15(13)3)33(30,31)28-10-8-27(9-11-28)12-20-25-23(29)21-18(6)19(7)32-24(21)26-20/h8-12H2,1-7H3,(H,25,26,29). The number of piperazine rings is 1. The van der Waals surface area contributed by atoms with E-state index in [4.69, 9.17) is 0 Å². The van der Waals surface area contributed by atoms with Gasteiger partial charge in [-0.1, -0.05) is 0 Å². The molecule has 178 valence electrons. The van der Waals surface area contributed by atoms with Crippen LogP contribution < -0.4 is 5.56 Å². The molecule has 1 fully saturated rings. The fraction of sp³-hybridized carbons (Fsp3) is 0.500. The number of thiophene rings is 1. The van der Waals surface area contributed by atoms with E-state index in [0.29, 0.717) is 48.8 Å². The molecule has 3 aromatic rings. The minimum Gasteiger partial charge on any atom is -0.309 e. The Morgan fingerprint density at radius 3 is 1.97 bits per heavy atom. The van der Waals surface area contributed by atoms with Crippen LogP contribution in [0, 0.1) is 48.5 Å². The Morgan fingerprint density at radius 1 is 0.848 bits per heavy atom. The highest BCUT2D eigenvalue weighted by atomic mass is 32.2. The second-order valence-corrected chi connectivity index (χ2v) is 12.2. The van der Waals surface area contributed by atoms with E-state index in [0.717, 1.165) is 43.1 Å². The summed E-state index contributed by atoms with van der Waals surface area (Å²) in [6.45, 7) is 16.3. The van der Waals surface area contributed by atoms with Gasteiger partial charge in [0.15, 0.2) is 0 Å². The summed E-state index contributed by atoms with van der Waals surface area (Å²) >= 11 is 1.54. The number of H-pyrrole nitrogens is 1. The van der Waals surface area contributed by atoms with Gasteiger partial charge >= 0.3 is 0 Å². The maximum Gasteiger partial charge on any atom is 0.259 e. The van der Waals surface area contributed by atoms with Crippen LogP contribution in [0.15, 0.2) is 9.69 Å². The minimum atomic E-state index is -3.58. The van der Waals surface area contributed by atoms with Gasteiger partial charge in [-0.2, -0.15) is 4.31 Å². The molecule has 1 aromatic carbocycles. The summed E-state index contributed by atoms with van der Waals surface area (Å²) < 4.78 is 28.8. The molecule has 33 heavy (non-hydrogen) atoms. The third-order valence-electron chi connectivity index (χ3n) is 7.32. The van der Waals surface area contributed by atoms with E-state index in [1.165, 1.54) is 11.3 Å². The van der Waals surface area contributed by atoms with Crippen LogP contribution in [0.25, 0.3) is 10.2 Å². The maximum atomic E-state index is 13.6. The van der Waals surface area contributed by atoms with E-state index in [9.17, 15) is 13.2 Å². The van der Waals surface area contributed by atoms with Crippen LogP contribution in [0.3, 0.4) is 0 Å². The zero-order valence-electron chi connectivity index (χ0n) is 20.4. The predicted octanol–water partition coefficient (Wildman–Crippen LogP) is 3.65. The minimum absolute atomic E-state index is 0.103. The number of aromatic amines is 1. The molecule has 1 N–H and O–H groups in total. The Balaban J connectivity index is 1.53. The summed E-state index contributed by atoms with van der Waals surface area (Å²) in [4.78, 5) is 24.6. The van der Waals surface area contributed by atoms with E-state index in [1.54, 1.807) is 4.31 Å². The number of nitrogens with zero attached hydrogens (tertiary/aromatic N) is 3. The van der Waals surface area contributed by atoms with Crippen LogP contribution in [-0.4, -0.2) is 53.8 Å². The molecule has 7 nitrogen and oxygen atoms in total. The summed E-state index contributed by atoms with van der Waals surface area (Å²) in [5.74, 6) is 0.626. The number of hydrogen-bond acceptors (Lipinski definition) is 6. The third kappa shape index (κ3) is 4.05. The summed E-state index contributed by atoms with van der Waals surface area (Å²) in [6.07, 6.45) is 0. The Hall–Kier alpha value is -2.07. The van der Waals surface area contributed by atoms with Gasteiger partial charge in [0.05, 0.1) is 16.8 Å². The molecule has 3 heterocycles. The molecule has 0 atom stereocenters. The topological polar surface area (TPSA) is 86.4 Å². The van der Waals surface area contributed by atoms with Crippen molar-refractivity contribution in [3.8, 4) is 0 Å². The second kappa shape index (κ2) is 8.61. The third-order valence-corrected chi connectivity index (χ3v) is 10.6. The summed E-state index contributed by atoms with van der Waals surface area (Å²) in [7, 11) is -3.58. The highest BCUT2D eigenvalue weighted by Gasteiger charge is 2.32. The van der Waals surface area contributed by atoms with Crippen LogP contribution in [0.5, 0.6) is 0 Å². The van der Waals surface area contributed by atoms with Crippen LogP contribution in [0.1, 0.15) is 44.1 Å². The zero-order chi connectivity index (χ0) is 24.2. The largest absolute Gasteiger partial charge is 0.309 e. The first-order valence-corrected chi connectivity index (χ1v) is 13.5. The smallest absolute Gasteiger partial charge is 0.259 e. The van der Waals surface area contributed by atoms with Crippen molar-refractivity contribution in [2.75, 3.05) is 26.2 Å². The molecule has 1 aliphatic heterocycles. The molecule has 1 aliphatic rings. The van der Waals surface area contributed by atoms with Gasteiger partial charge in [-0.15, -0.1) is 11.3 Å². The number of hydrogen-bond donors (Lipinski definition) is 1. The van der Waals surface area contributed by atoms with Crippen LogP contribution >= 0.6 is 11.3 Å². The van der Waals surface area contributed by atoms with E-state index in [2.05, 4.69) is 14.9 Å². The van der Waals surface area contributed by atoms with Crippen molar-refractivity contribution >= 4 is 31.6 Å². The normalized spacial score (nSPS) is 16.1. The zero-order valence-corrected chi connectivity index (χ0v) is 22.1. The summed E-state index contributed by atoms with van der Waals surface area (Å²) in [6, 6.07) is 0. The van der Waals surface area contributed by atoms with Gasteiger partial charge in [0.2, 0.25) is 10.0 Å². The number of nitrogens with one attached hydrogen (secondary N) is 1. The quantitative estimate of drug-likeness (QED) is 0.606. The lowest BCUT2D eigenvalue weighted by atomic mass is 9.95. The first-order chi connectivity index (χ1) is 15.4. The second-order valence-electron chi connectivity index (χ2n) is 9.11. The van der Waals surface area contributed by atoms with Crippen molar-refractivity contribution in [2.45, 2.75) is 59.9 Å². The van der Waals surface area contributed by atoms with E-state index in [-0.39, 0.29) is 5.56 Å². The van der Waals surface area contributed by atoms with E-state index < -0.39 is 10.0 Å². The Bertz CT molecular complexity index is 1380. The van der Waals surface area contributed by atoms with Crippen LogP contribution in [-0.2, 0) is 16.6 Å². The van der Waals surface area contributed by atoms with Gasteiger partial charge in [-0.3, -0.25) is 9.69 Å². The number of aromatic nitrogens is 2. The van der Waals surface area contributed by atoms with Gasteiger partial charge in [0, 0.05) is 31.1 Å². The van der Waals surface area contributed by atoms with Gasteiger partial charge in [-0.25, -0.2) is 13.4 Å². The van der Waals surface area contributed by atoms with Gasteiger partial charge in [0.25, 0.3) is 5.56 Å². The highest BCUT2D eigenvalue weighted by Crippen LogP contribution is 2.32. The molecule has 1 saturated heterocycles. The molecule has 0 aliphatic carbocycles. The molecule has 0 saturated carbocycles. The number of rotatable bonds is 4. The van der Waals surface area contributed by atoms with Gasteiger partial charge in [0.1, 0.15) is 10.7 Å². The predicted molar refractivity (Wildman–Crippen MR) is 134 cm³/mol. The lowest BCUT2D eigenvalue weighted by molar-refractivity contribution is 0.178. The van der Waals surface area contributed by atoms with Gasteiger partial charge in [-0.05, 0) is 81.8 Å². The average molecular weight is 489 g/mol. The molecular formula is C24H32N4O3S2. The number of fused-ring (bicyclic) bond motifs is 1.